The Morgan fingerprint density at radius 2 is 2.21 bits per heavy atom. The Morgan fingerprint density at radius 3 is 2.84 bits per heavy atom. The summed E-state index contributed by atoms with van der Waals surface area (Å²) < 4.78 is 39.6. The summed E-state index contributed by atoms with van der Waals surface area (Å²) in [6.45, 7) is -0.135. The molecule has 104 valence electrons. The first-order valence-corrected chi connectivity index (χ1v) is 8.27. The van der Waals surface area contributed by atoms with Gasteiger partial charge in [0.25, 0.3) is 0 Å². The largest absolute Gasteiger partial charge is 0.384 e. The highest BCUT2D eigenvalue weighted by molar-refractivity contribution is 7.98. The van der Waals surface area contributed by atoms with Crippen LogP contribution in [0.25, 0.3) is 0 Å². The van der Waals surface area contributed by atoms with Gasteiger partial charge in [0.05, 0.1) is 4.90 Å². The standard InChI is InChI=1S/C12H14FNO3S2/c1-18-8-6-14-19(16,17)12-5-4-11(13)9-10(12)3-2-7-15/h4-5,9,14-15H,6-8H2,1H3. The average Bonchev–Trinajstić information content (AvgIpc) is 2.36. The summed E-state index contributed by atoms with van der Waals surface area (Å²) in [6, 6.07) is 3.26. The molecule has 0 aliphatic carbocycles. The van der Waals surface area contributed by atoms with Crippen molar-refractivity contribution in [3.05, 3.63) is 29.6 Å². The van der Waals surface area contributed by atoms with Crippen molar-refractivity contribution in [1.29, 1.82) is 0 Å². The van der Waals surface area contributed by atoms with Crippen LogP contribution < -0.4 is 4.72 Å². The second-order valence-electron chi connectivity index (χ2n) is 3.49. The first-order valence-electron chi connectivity index (χ1n) is 5.39. The monoisotopic (exact) mass is 303 g/mol. The summed E-state index contributed by atoms with van der Waals surface area (Å²) >= 11 is 1.51. The number of hydrogen-bond acceptors (Lipinski definition) is 4. The van der Waals surface area contributed by atoms with Gasteiger partial charge in [0, 0.05) is 17.9 Å². The molecule has 0 saturated carbocycles. The van der Waals surface area contributed by atoms with E-state index in [9.17, 15) is 12.8 Å². The summed E-state index contributed by atoms with van der Waals surface area (Å²) in [7, 11) is -3.72. The Kier molecular flexibility index (Phi) is 6.31. The van der Waals surface area contributed by atoms with Gasteiger partial charge in [-0.3, -0.25) is 0 Å². The van der Waals surface area contributed by atoms with Gasteiger partial charge in [-0.1, -0.05) is 11.8 Å². The lowest BCUT2D eigenvalue weighted by atomic mass is 10.2. The number of thioether (sulfide) groups is 1. The molecule has 0 saturated heterocycles. The van der Waals surface area contributed by atoms with Gasteiger partial charge in [-0.05, 0) is 24.5 Å². The van der Waals surface area contributed by atoms with Crippen molar-refractivity contribution in [2.24, 2.45) is 0 Å². The number of hydrogen-bond donors (Lipinski definition) is 2. The van der Waals surface area contributed by atoms with Crippen molar-refractivity contribution >= 4 is 21.8 Å². The van der Waals surface area contributed by atoms with Crippen molar-refractivity contribution in [2.45, 2.75) is 4.90 Å². The number of benzene rings is 1. The third-order valence-electron chi connectivity index (χ3n) is 2.13. The molecule has 0 bridgehead atoms. The van der Waals surface area contributed by atoms with Gasteiger partial charge in [0.1, 0.15) is 12.4 Å². The zero-order valence-electron chi connectivity index (χ0n) is 10.3. The molecule has 1 aromatic carbocycles. The summed E-state index contributed by atoms with van der Waals surface area (Å²) in [6.07, 6.45) is 1.87. The van der Waals surface area contributed by atoms with Crippen molar-refractivity contribution in [1.82, 2.24) is 4.72 Å². The van der Waals surface area contributed by atoms with Gasteiger partial charge < -0.3 is 5.11 Å². The SMILES string of the molecule is CSCCNS(=O)(=O)c1ccc(F)cc1C#CCO. The van der Waals surface area contributed by atoms with Crippen molar-refractivity contribution in [2.75, 3.05) is 25.2 Å². The fourth-order valence-electron chi connectivity index (χ4n) is 1.32. The minimum Gasteiger partial charge on any atom is -0.384 e. The van der Waals surface area contributed by atoms with Crippen LogP contribution in [0.4, 0.5) is 4.39 Å². The summed E-state index contributed by atoms with van der Waals surface area (Å²) in [5.41, 5.74) is 0.0331. The number of nitrogens with one attached hydrogen (secondary N) is 1. The molecule has 19 heavy (non-hydrogen) atoms. The third kappa shape index (κ3) is 4.84. The zero-order valence-corrected chi connectivity index (χ0v) is 11.9. The van der Waals surface area contributed by atoms with E-state index in [2.05, 4.69) is 16.6 Å². The summed E-state index contributed by atoms with van der Waals surface area (Å²) in [5.74, 6) is 4.81. The topological polar surface area (TPSA) is 66.4 Å². The lowest BCUT2D eigenvalue weighted by Gasteiger charge is -2.08. The van der Waals surface area contributed by atoms with E-state index in [0.717, 1.165) is 18.2 Å². The third-order valence-corrected chi connectivity index (χ3v) is 4.26. The summed E-state index contributed by atoms with van der Waals surface area (Å²) in [5, 5.41) is 8.63. The quantitative estimate of drug-likeness (QED) is 0.624. The molecule has 1 rings (SSSR count). The summed E-state index contributed by atoms with van der Waals surface area (Å²) in [4.78, 5) is -0.0871. The van der Waals surface area contributed by atoms with Crippen LogP contribution in [-0.2, 0) is 10.0 Å². The van der Waals surface area contributed by atoms with E-state index in [4.69, 9.17) is 5.11 Å². The number of aliphatic hydroxyl groups is 1. The van der Waals surface area contributed by atoms with Crippen LogP contribution in [0.2, 0.25) is 0 Å². The molecule has 2 N–H and O–H groups in total. The van der Waals surface area contributed by atoms with Crippen molar-refractivity contribution in [3.63, 3.8) is 0 Å². The first-order chi connectivity index (χ1) is 9.01. The van der Waals surface area contributed by atoms with Crippen LogP contribution in [0.15, 0.2) is 23.1 Å². The second kappa shape index (κ2) is 7.50. The predicted molar refractivity (Wildman–Crippen MR) is 73.9 cm³/mol. The average molecular weight is 303 g/mol. The second-order valence-corrected chi connectivity index (χ2v) is 6.21. The van der Waals surface area contributed by atoms with Gasteiger partial charge >= 0.3 is 0 Å². The van der Waals surface area contributed by atoms with E-state index in [0.29, 0.717) is 5.75 Å². The fraction of sp³-hybridized carbons (Fsp3) is 0.333. The Bertz CT molecular complexity index is 591. The zero-order chi connectivity index (χ0) is 14.3. The number of rotatable bonds is 5. The molecular weight excluding hydrogens is 289 g/mol. The molecule has 0 aromatic heterocycles. The van der Waals surface area contributed by atoms with Crippen molar-refractivity contribution < 1.29 is 17.9 Å². The Labute approximate surface area is 116 Å². The van der Waals surface area contributed by atoms with Crippen LogP contribution in [0.5, 0.6) is 0 Å². The number of sulfonamides is 1. The van der Waals surface area contributed by atoms with Gasteiger partial charge in [0.2, 0.25) is 10.0 Å². The highest BCUT2D eigenvalue weighted by atomic mass is 32.2. The van der Waals surface area contributed by atoms with E-state index in [1.54, 1.807) is 0 Å². The van der Waals surface area contributed by atoms with E-state index in [1.165, 1.54) is 11.8 Å². The van der Waals surface area contributed by atoms with Gasteiger partial charge in [-0.25, -0.2) is 17.5 Å². The van der Waals surface area contributed by atoms with E-state index < -0.39 is 22.4 Å². The molecule has 7 heteroatoms. The molecule has 0 atom stereocenters. The lowest BCUT2D eigenvalue weighted by molar-refractivity contribution is 0.350. The molecule has 4 nitrogen and oxygen atoms in total. The predicted octanol–water partition coefficient (Wildman–Crippen LogP) is 0.811. The molecule has 0 spiro atoms. The number of aliphatic hydroxyl groups excluding tert-OH is 1. The number of halogens is 1. The highest BCUT2D eigenvalue weighted by Crippen LogP contribution is 2.16. The van der Waals surface area contributed by atoms with Gasteiger partial charge in [0.15, 0.2) is 0 Å². The Balaban J connectivity index is 3.11. The van der Waals surface area contributed by atoms with Crippen LogP contribution >= 0.6 is 11.8 Å². The van der Waals surface area contributed by atoms with Gasteiger partial charge in [-0.15, -0.1) is 0 Å². The van der Waals surface area contributed by atoms with Crippen LogP contribution in [0, 0.1) is 17.7 Å². The molecule has 0 aliphatic rings. The van der Waals surface area contributed by atoms with Crippen molar-refractivity contribution in [3.8, 4) is 11.8 Å². The molecule has 0 heterocycles. The molecule has 0 fully saturated rings. The smallest absolute Gasteiger partial charge is 0.241 e. The Hall–Kier alpha value is -1.07. The minimum absolute atomic E-state index is 0.0331. The molecule has 0 aliphatic heterocycles. The normalized spacial score (nSPS) is 10.9. The first kappa shape index (κ1) is 16.0. The minimum atomic E-state index is -3.72. The molecule has 1 aromatic rings. The lowest BCUT2D eigenvalue weighted by Crippen LogP contribution is -2.26. The molecular formula is C12H14FNO3S2. The molecule has 0 amide bonds. The van der Waals surface area contributed by atoms with Crippen LogP contribution in [0.3, 0.4) is 0 Å². The maximum atomic E-state index is 13.1. The molecule has 0 radical (unpaired) electrons. The Morgan fingerprint density at radius 1 is 1.47 bits per heavy atom. The highest BCUT2D eigenvalue weighted by Gasteiger charge is 2.17. The van der Waals surface area contributed by atoms with E-state index in [-0.39, 0.29) is 17.0 Å². The van der Waals surface area contributed by atoms with Crippen LogP contribution in [-0.4, -0.2) is 38.7 Å². The molecule has 0 unspecified atom stereocenters. The maximum Gasteiger partial charge on any atom is 0.241 e. The fourth-order valence-corrected chi connectivity index (χ4v) is 2.93. The maximum absolute atomic E-state index is 13.1. The van der Waals surface area contributed by atoms with E-state index in [1.807, 2.05) is 6.26 Å². The van der Waals surface area contributed by atoms with Crippen LogP contribution in [0.1, 0.15) is 5.56 Å². The van der Waals surface area contributed by atoms with E-state index >= 15 is 0 Å². The van der Waals surface area contributed by atoms with Gasteiger partial charge in [-0.2, -0.15) is 11.8 Å².